The lowest BCUT2D eigenvalue weighted by Crippen LogP contribution is -2.47. The average Bonchev–Trinajstić information content (AvgIpc) is 2.08. The van der Waals surface area contributed by atoms with Gasteiger partial charge in [-0.2, -0.15) is 0 Å². The van der Waals surface area contributed by atoms with E-state index in [0.717, 1.165) is 0 Å². The number of aliphatic hydroxyl groups is 3. The van der Waals surface area contributed by atoms with Crippen LogP contribution in [0.15, 0.2) is 0 Å². The van der Waals surface area contributed by atoms with Gasteiger partial charge in [-0.25, -0.2) is 0 Å². The fraction of sp³-hybridized carbons (Fsp3) is 0.941. The van der Waals surface area contributed by atoms with Gasteiger partial charge in [0, 0.05) is 19.3 Å². The summed E-state index contributed by atoms with van der Waals surface area (Å²) in [5.74, 6) is -1.66. The van der Waals surface area contributed by atoms with Gasteiger partial charge in [0.05, 0.1) is 0 Å². The van der Waals surface area contributed by atoms with E-state index in [1.807, 2.05) is 48.5 Å². The third-order valence-electron chi connectivity index (χ3n) is 3.38. The molecule has 0 aliphatic heterocycles. The number of aliphatic hydroxyl groups excluding tert-OH is 1. The molecule has 4 nitrogen and oxygen atoms in total. The molecular formula is C17H34O4. The second-order valence-electron chi connectivity index (χ2n) is 8.81. The van der Waals surface area contributed by atoms with Crippen LogP contribution in [0, 0.1) is 16.7 Å². The first-order chi connectivity index (χ1) is 9.15. The van der Waals surface area contributed by atoms with Crippen molar-refractivity contribution in [1.29, 1.82) is 0 Å². The Morgan fingerprint density at radius 2 is 1.52 bits per heavy atom. The maximum Gasteiger partial charge on any atom is 0.189 e. The molecule has 0 aromatic rings. The normalized spacial score (nSPS) is 15.4. The minimum absolute atomic E-state index is 0.0805. The molecule has 126 valence electrons. The van der Waals surface area contributed by atoms with Crippen LogP contribution >= 0.6 is 0 Å². The molecule has 4 heteroatoms. The predicted molar refractivity (Wildman–Crippen MR) is 84.7 cm³/mol. The van der Waals surface area contributed by atoms with Crippen LogP contribution in [0.4, 0.5) is 0 Å². The van der Waals surface area contributed by atoms with Gasteiger partial charge in [-0.3, -0.25) is 4.79 Å². The molecule has 0 aliphatic rings. The number of hydrogen-bond acceptors (Lipinski definition) is 4. The van der Waals surface area contributed by atoms with Crippen molar-refractivity contribution < 1.29 is 20.1 Å². The van der Waals surface area contributed by atoms with Gasteiger partial charge in [-0.05, 0) is 23.2 Å². The van der Waals surface area contributed by atoms with E-state index in [1.54, 1.807) is 0 Å². The first kappa shape index (κ1) is 20.6. The summed E-state index contributed by atoms with van der Waals surface area (Å²) in [4.78, 5) is 11.9. The summed E-state index contributed by atoms with van der Waals surface area (Å²) >= 11 is 0. The topological polar surface area (TPSA) is 77.8 Å². The van der Waals surface area contributed by atoms with Crippen molar-refractivity contribution in [2.75, 3.05) is 0 Å². The summed E-state index contributed by atoms with van der Waals surface area (Å²) in [5.41, 5.74) is -0.762. The van der Waals surface area contributed by atoms with Crippen LogP contribution in [0.1, 0.15) is 74.1 Å². The number of rotatable bonds is 8. The summed E-state index contributed by atoms with van der Waals surface area (Å²) in [7, 11) is 0. The van der Waals surface area contributed by atoms with Crippen LogP contribution in [-0.4, -0.2) is 33.0 Å². The molecule has 0 aromatic heterocycles. The molecule has 0 heterocycles. The molecule has 21 heavy (non-hydrogen) atoms. The lowest BCUT2D eigenvalue weighted by Gasteiger charge is -2.37. The number of ketones is 1. The summed E-state index contributed by atoms with van der Waals surface area (Å²) in [5, 5.41) is 30.3. The molecular weight excluding hydrogens is 268 g/mol. The predicted octanol–water partition coefficient (Wildman–Crippen LogP) is 2.89. The third-order valence-corrected chi connectivity index (χ3v) is 3.38. The Morgan fingerprint density at radius 1 is 1.05 bits per heavy atom. The van der Waals surface area contributed by atoms with Crippen molar-refractivity contribution in [2.45, 2.75) is 86.0 Å². The number of hydrogen-bond donors (Lipinski definition) is 3. The maximum absolute atomic E-state index is 11.9. The van der Waals surface area contributed by atoms with E-state index in [0.29, 0.717) is 18.8 Å². The van der Waals surface area contributed by atoms with E-state index in [1.165, 1.54) is 0 Å². The van der Waals surface area contributed by atoms with Crippen LogP contribution in [-0.2, 0) is 4.79 Å². The summed E-state index contributed by atoms with van der Waals surface area (Å²) in [6, 6.07) is 0. The number of Topliss-reactive ketones (excluding diaryl/α,β-unsaturated/α-hetero) is 1. The van der Waals surface area contributed by atoms with E-state index >= 15 is 0 Å². The molecule has 0 aliphatic carbocycles. The highest BCUT2D eigenvalue weighted by atomic mass is 16.5. The molecule has 0 saturated carbocycles. The van der Waals surface area contributed by atoms with E-state index < -0.39 is 17.3 Å². The van der Waals surface area contributed by atoms with Crippen molar-refractivity contribution in [1.82, 2.24) is 0 Å². The largest absolute Gasteiger partial charge is 0.388 e. The minimum Gasteiger partial charge on any atom is -0.388 e. The van der Waals surface area contributed by atoms with Gasteiger partial charge in [0.15, 0.2) is 5.79 Å². The van der Waals surface area contributed by atoms with Crippen LogP contribution in [0.5, 0.6) is 0 Å². The van der Waals surface area contributed by atoms with Crippen molar-refractivity contribution in [2.24, 2.45) is 16.7 Å². The molecule has 0 amide bonds. The quantitative estimate of drug-likeness (QED) is 0.602. The smallest absolute Gasteiger partial charge is 0.189 e. The molecule has 1 unspecified atom stereocenters. The van der Waals surface area contributed by atoms with Gasteiger partial charge in [0.2, 0.25) is 0 Å². The highest BCUT2D eigenvalue weighted by molar-refractivity contribution is 5.79. The van der Waals surface area contributed by atoms with Crippen LogP contribution in [0.3, 0.4) is 0 Å². The van der Waals surface area contributed by atoms with E-state index in [9.17, 15) is 20.1 Å². The Hall–Kier alpha value is -0.450. The maximum atomic E-state index is 11.9. The Bertz CT molecular complexity index is 337. The zero-order chi connectivity index (χ0) is 17.1. The fourth-order valence-corrected chi connectivity index (χ4v) is 2.72. The van der Waals surface area contributed by atoms with E-state index in [4.69, 9.17) is 0 Å². The monoisotopic (exact) mass is 302 g/mol. The second kappa shape index (κ2) is 7.21. The molecule has 0 spiro atoms. The van der Waals surface area contributed by atoms with Crippen LogP contribution in [0.2, 0.25) is 0 Å². The molecule has 1 atom stereocenters. The highest BCUT2D eigenvalue weighted by Crippen LogP contribution is 2.35. The van der Waals surface area contributed by atoms with Gasteiger partial charge in [-0.15, -0.1) is 0 Å². The zero-order valence-electron chi connectivity index (χ0n) is 14.7. The Morgan fingerprint density at radius 3 is 1.90 bits per heavy atom. The van der Waals surface area contributed by atoms with Crippen LogP contribution < -0.4 is 0 Å². The summed E-state index contributed by atoms with van der Waals surface area (Å²) in [6.45, 7) is 13.4. The van der Waals surface area contributed by atoms with Gasteiger partial charge >= 0.3 is 0 Å². The van der Waals surface area contributed by atoms with Crippen LogP contribution in [0.25, 0.3) is 0 Å². The molecule has 0 bridgehead atoms. The SMILES string of the molecule is CC(C)CC(=O)CC(C)(C)CC(O)C(O)(O)CC(C)(C)C. The summed E-state index contributed by atoms with van der Waals surface area (Å²) < 4.78 is 0. The Balaban J connectivity index is 4.66. The third kappa shape index (κ3) is 9.22. The van der Waals surface area contributed by atoms with Gasteiger partial charge < -0.3 is 15.3 Å². The minimum atomic E-state index is -2.13. The van der Waals surface area contributed by atoms with Gasteiger partial charge in [0.25, 0.3) is 0 Å². The molecule has 0 rings (SSSR count). The zero-order valence-corrected chi connectivity index (χ0v) is 14.7. The van der Waals surface area contributed by atoms with Crippen molar-refractivity contribution in [3.05, 3.63) is 0 Å². The lowest BCUT2D eigenvalue weighted by molar-refractivity contribution is -0.246. The Kier molecular flexibility index (Phi) is 7.05. The first-order valence-corrected chi connectivity index (χ1v) is 7.79. The number of carbonyl (C=O) groups excluding carboxylic acids is 1. The highest BCUT2D eigenvalue weighted by Gasteiger charge is 2.40. The molecule has 0 saturated heterocycles. The second-order valence-corrected chi connectivity index (χ2v) is 8.81. The fourth-order valence-electron chi connectivity index (χ4n) is 2.72. The average molecular weight is 302 g/mol. The molecule has 0 aromatic carbocycles. The molecule has 0 fully saturated rings. The first-order valence-electron chi connectivity index (χ1n) is 7.79. The standard InChI is InChI=1S/C17H34O4/c1-12(2)8-13(18)9-16(6,7)10-14(19)17(20,21)11-15(3,4)5/h12,14,19-21H,8-11H2,1-7H3. The lowest BCUT2D eigenvalue weighted by atomic mass is 9.76. The van der Waals surface area contributed by atoms with Crippen molar-refractivity contribution >= 4 is 5.78 Å². The van der Waals surface area contributed by atoms with E-state index in [2.05, 4.69) is 0 Å². The molecule has 3 N–H and O–H groups in total. The van der Waals surface area contributed by atoms with E-state index in [-0.39, 0.29) is 24.0 Å². The summed E-state index contributed by atoms with van der Waals surface area (Å²) in [6.07, 6.45) is -0.144. The van der Waals surface area contributed by atoms with Crippen molar-refractivity contribution in [3.8, 4) is 0 Å². The molecule has 0 radical (unpaired) electrons. The number of carbonyl (C=O) groups is 1. The van der Waals surface area contributed by atoms with Gasteiger partial charge in [0.1, 0.15) is 11.9 Å². The van der Waals surface area contributed by atoms with Crippen molar-refractivity contribution in [3.63, 3.8) is 0 Å². The Labute approximate surface area is 129 Å². The van der Waals surface area contributed by atoms with Gasteiger partial charge in [-0.1, -0.05) is 48.5 Å².